The Bertz CT molecular complexity index is 2570. The number of ether oxygens (including phenoxy) is 7. The average molecular weight is 1010 g/mol. The minimum Gasteiger partial charge on any atom is -0.493 e. The first-order valence-corrected chi connectivity index (χ1v) is 24.7. The Balaban J connectivity index is 1.08. The lowest BCUT2D eigenvalue weighted by Gasteiger charge is -2.37. The molecule has 18 heteroatoms. The lowest BCUT2D eigenvalue weighted by atomic mass is 9.99. The van der Waals surface area contributed by atoms with Gasteiger partial charge in [-0.15, -0.1) is 0 Å². The molecule has 0 saturated carbocycles. The number of amides is 4. The lowest BCUT2D eigenvalue weighted by molar-refractivity contribution is -0.140. The quantitative estimate of drug-likeness (QED) is 0.0527. The third-order valence-electron chi connectivity index (χ3n) is 13.0. The number of carbonyl (C=O) groups is 5. The number of carbonyl (C=O) groups excluding carboxylic acids is 5. The summed E-state index contributed by atoms with van der Waals surface area (Å²) in [5, 5.41) is 6.26. The molecule has 2 saturated heterocycles. The van der Waals surface area contributed by atoms with Crippen LogP contribution in [0.25, 0.3) is 0 Å². The van der Waals surface area contributed by atoms with E-state index < -0.39 is 11.7 Å². The molecule has 4 amide bonds. The van der Waals surface area contributed by atoms with E-state index in [1.54, 1.807) is 50.4 Å². The summed E-state index contributed by atoms with van der Waals surface area (Å²) in [6.07, 6.45) is 0.606. The Kier molecular flexibility index (Phi) is 19.1. The molecule has 0 aliphatic carbocycles. The van der Waals surface area contributed by atoms with Crippen LogP contribution in [-0.4, -0.2) is 140 Å². The van der Waals surface area contributed by atoms with Crippen LogP contribution in [0, 0.1) is 0 Å². The number of hydrogen-bond acceptors (Lipinski definition) is 14. The molecule has 2 aliphatic heterocycles. The number of piperazine rings is 2. The van der Waals surface area contributed by atoms with Gasteiger partial charge in [-0.1, -0.05) is 24.3 Å². The highest BCUT2D eigenvalue weighted by molar-refractivity contribution is 5.98. The molecule has 2 N–H and O–H groups in total. The summed E-state index contributed by atoms with van der Waals surface area (Å²) in [7, 11) is 7.60. The van der Waals surface area contributed by atoms with Crippen molar-refractivity contribution in [2.24, 2.45) is 0 Å². The largest absolute Gasteiger partial charge is 0.493 e. The zero-order valence-electron chi connectivity index (χ0n) is 44.0. The van der Waals surface area contributed by atoms with E-state index in [2.05, 4.69) is 20.4 Å². The molecule has 18 nitrogen and oxygen atoms in total. The third-order valence-corrected chi connectivity index (χ3v) is 13.0. The van der Waals surface area contributed by atoms with Crippen LogP contribution in [0.4, 0.5) is 21.0 Å². The number of methoxy groups -OCH3 is 5. The predicted molar refractivity (Wildman–Crippen MR) is 278 cm³/mol. The van der Waals surface area contributed by atoms with Crippen molar-refractivity contribution in [1.82, 2.24) is 20.4 Å². The van der Waals surface area contributed by atoms with Gasteiger partial charge in [0.1, 0.15) is 5.60 Å². The van der Waals surface area contributed by atoms with E-state index in [1.165, 1.54) is 7.11 Å². The van der Waals surface area contributed by atoms with Crippen LogP contribution in [0.5, 0.6) is 23.0 Å². The zero-order valence-corrected chi connectivity index (χ0v) is 44.0. The van der Waals surface area contributed by atoms with Gasteiger partial charge in [-0.25, -0.2) is 9.59 Å². The molecule has 2 aliphatic rings. The Morgan fingerprint density at radius 2 is 0.986 bits per heavy atom. The van der Waals surface area contributed by atoms with Crippen molar-refractivity contribution >= 4 is 41.3 Å². The SMILES string of the molecule is COC(=O)CCc1ccc(N2CCN(C(=O)OCCCc3ccc(N4CCN(C(=O)OC(C)(C)C)CC4)cc3C(=O)N[C@H](C)c3ccc(OC)c(OC)c3)CC2)cc1C(=O)N[C@H](C)c1ccc(OC)c(OC)c1. The standard InChI is InChI=1S/C55H72N6O12/c1-36(40-15-20-46(67-6)48(32-40)69-8)56-51(63)44-34-42(59-25-29-61(30-26-59)54(66)73-55(3,4)5)18-13-38(44)12-11-31-72-53(65)60-27-23-58(24-28-60)43-19-14-39(17-22-50(62)71-10)45(35-43)52(64)57-37(2)41-16-21-47(68-7)49(33-41)70-9/h13-16,18-21,32-37H,11-12,17,22-31H2,1-10H3,(H,56,63)(H,57,64)/t36-,37-/m1/s1. The molecule has 0 unspecified atom stereocenters. The van der Waals surface area contributed by atoms with E-state index in [4.69, 9.17) is 33.2 Å². The highest BCUT2D eigenvalue weighted by Crippen LogP contribution is 2.32. The maximum absolute atomic E-state index is 14.2. The van der Waals surface area contributed by atoms with Crippen LogP contribution in [0.15, 0.2) is 72.8 Å². The molecule has 73 heavy (non-hydrogen) atoms. The molecule has 4 aromatic rings. The maximum Gasteiger partial charge on any atom is 0.410 e. The summed E-state index contributed by atoms with van der Waals surface area (Å²) < 4.78 is 38.1. The smallest absolute Gasteiger partial charge is 0.410 e. The van der Waals surface area contributed by atoms with Crippen molar-refractivity contribution in [3.05, 3.63) is 106 Å². The van der Waals surface area contributed by atoms with Crippen molar-refractivity contribution in [1.29, 1.82) is 0 Å². The van der Waals surface area contributed by atoms with Gasteiger partial charge < -0.3 is 63.4 Å². The molecule has 0 bridgehead atoms. The molecule has 0 spiro atoms. The Hall–Kier alpha value is -7.37. The number of anilines is 2. The first-order chi connectivity index (χ1) is 34.9. The van der Waals surface area contributed by atoms with Gasteiger partial charge in [-0.3, -0.25) is 14.4 Å². The summed E-state index contributed by atoms with van der Waals surface area (Å²) >= 11 is 0. The fraction of sp³-hybridized carbons (Fsp3) is 0.473. The van der Waals surface area contributed by atoms with Crippen molar-refractivity contribution < 1.29 is 57.1 Å². The topological polar surface area (TPSA) is 187 Å². The zero-order chi connectivity index (χ0) is 52.8. The monoisotopic (exact) mass is 1010 g/mol. The Labute approximate surface area is 429 Å². The molecular formula is C55H72N6O12. The van der Waals surface area contributed by atoms with Crippen molar-refractivity contribution in [3.8, 4) is 23.0 Å². The number of benzene rings is 4. The second-order valence-electron chi connectivity index (χ2n) is 19.0. The molecule has 2 fully saturated rings. The predicted octanol–water partition coefficient (Wildman–Crippen LogP) is 7.76. The molecule has 0 radical (unpaired) electrons. The highest BCUT2D eigenvalue weighted by Gasteiger charge is 2.28. The number of nitrogens with one attached hydrogen (secondary N) is 2. The van der Waals surface area contributed by atoms with E-state index >= 15 is 0 Å². The van der Waals surface area contributed by atoms with Gasteiger partial charge in [0.05, 0.1) is 54.2 Å². The van der Waals surface area contributed by atoms with E-state index in [0.29, 0.717) is 111 Å². The van der Waals surface area contributed by atoms with E-state index in [9.17, 15) is 24.0 Å². The van der Waals surface area contributed by atoms with Gasteiger partial charge in [-0.2, -0.15) is 0 Å². The normalized spacial score (nSPS) is 14.6. The van der Waals surface area contributed by atoms with Gasteiger partial charge >= 0.3 is 18.2 Å². The molecule has 2 heterocycles. The summed E-state index contributed by atoms with van der Waals surface area (Å²) in [5.74, 6) is 1.34. The molecule has 394 valence electrons. The number of hydrogen-bond donors (Lipinski definition) is 2. The fourth-order valence-corrected chi connectivity index (χ4v) is 8.81. The van der Waals surface area contributed by atoms with Gasteiger partial charge in [0.2, 0.25) is 0 Å². The van der Waals surface area contributed by atoms with Crippen LogP contribution < -0.4 is 39.4 Å². The first kappa shape index (κ1) is 55.0. The van der Waals surface area contributed by atoms with Crippen molar-refractivity contribution in [3.63, 3.8) is 0 Å². The van der Waals surface area contributed by atoms with Crippen molar-refractivity contribution in [2.45, 2.75) is 78.0 Å². The highest BCUT2D eigenvalue weighted by atomic mass is 16.6. The minimum atomic E-state index is -0.594. The number of esters is 1. The van der Waals surface area contributed by atoms with Crippen LogP contribution in [-0.2, 0) is 31.8 Å². The number of aryl methyl sites for hydroxylation is 2. The van der Waals surface area contributed by atoms with Crippen LogP contribution in [0.1, 0.15) is 103 Å². The van der Waals surface area contributed by atoms with Gasteiger partial charge in [0.25, 0.3) is 11.8 Å². The molecular weight excluding hydrogens is 937 g/mol. The van der Waals surface area contributed by atoms with Crippen LogP contribution >= 0.6 is 0 Å². The molecule has 0 aromatic heterocycles. The van der Waals surface area contributed by atoms with Gasteiger partial charge in [0, 0.05) is 81.3 Å². The van der Waals surface area contributed by atoms with E-state index in [0.717, 1.165) is 28.1 Å². The Morgan fingerprint density at radius 1 is 0.548 bits per heavy atom. The number of nitrogens with zero attached hydrogens (tertiary/aromatic N) is 4. The van der Waals surface area contributed by atoms with E-state index in [-0.39, 0.29) is 49.0 Å². The number of rotatable bonds is 19. The maximum atomic E-state index is 14.2. The Morgan fingerprint density at radius 3 is 1.41 bits per heavy atom. The lowest BCUT2D eigenvalue weighted by Crippen LogP contribution is -2.50. The molecule has 4 aromatic carbocycles. The van der Waals surface area contributed by atoms with Crippen LogP contribution in [0.3, 0.4) is 0 Å². The molecule has 2 atom stereocenters. The second kappa shape index (κ2) is 25.3. The van der Waals surface area contributed by atoms with E-state index in [1.807, 2.05) is 95.3 Å². The van der Waals surface area contributed by atoms with Crippen molar-refractivity contribution in [2.75, 3.05) is 104 Å². The summed E-state index contributed by atoms with van der Waals surface area (Å²) in [6.45, 7) is 13.4. The van der Waals surface area contributed by atoms with Gasteiger partial charge in [0.15, 0.2) is 23.0 Å². The summed E-state index contributed by atoms with van der Waals surface area (Å²) in [4.78, 5) is 74.1. The fourth-order valence-electron chi connectivity index (χ4n) is 8.81. The third kappa shape index (κ3) is 14.6. The molecule has 6 rings (SSSR count). The second-order valence-corrected chi connectivity index (χ2v) is 19.0. The first-order valence-electron chi connectivity index (χ1n) is 24.7. The minimum absolute atomic E-state index is 0.115. The van der Waals surface area contributed by atoms with Crippen LogP contribution in [0.2, 0.25) is 0 Å². The average Bonchev–Trinajstić information content (AvgIpc) is 3.40. The summed E-state index contributed by atoms with van der Waals surface area (Å²) in [5.41, 5.74) is 5.19. The van der Waals surface area contributed by atoms with Gasteiger partial charge in [-0.05, 0) is 125 Å². The summed E-state index contributed by atoms with van der Waals surface area (Å²) in [6, 6.07) is 21.7.